The maximum atomic E-state index is 5.90. The molecule has 13 heavy (non-hydrogen) atoms. The van der Waals surface area contributed by atoms with Crippen molar-refractivity contribution in [2.75, 3.05) is 0 Å². The van der Waals surface area contributed by atoms with E-state index in [1.54, 1.807) is 0 Å². The molecular weight excluding hydrogens is 186 g/mol. The van der Waals surface area contributed by atoms with Crippen LogP contribution in [-0.4, -0.2) is 0 Å². The Morgan fingerprint density at radius 2 is 2.15 bits per heavy atom. The molecule has 0 aromatic carbocycles. The molecule has 0 amide bonds. The fourth-order valence-corrected chi connectivity index (χ4v) is 1.22. The zero-order valence-electron chi connectivity index (χ0n) is 8.25. The van der Waals surface area contributed by atoms with Crippen molar-refractivity contribution < 1.29 is 4.42 Å². The largest absolute Gasteiger partial charge is 0.465 e. The SMILES string of the molecule is CCCC[C@@H](N)c1ccc(C)o1.Cl. The molecule has 76 valence electrons. The summed E-state index contributed by atoms with van der Waals surface area (Å²) in [5, 5.41) is 0. The third-order valence-corrected chi connectivity index (χ3v) is 2.00. The van der Waals surface area contributed by atoms with Crippen molar-refractivity contribution >= 4 is 12.4 Å². The monoisotopic (exact) mass is 203 g/mol. The molecule has 2 N–H and O–H groups in total. The fraction of sp³-hybridized carbons (Fsp3) is 0.600. The predicted octanol–water partition coefficient (Wildman–Crippen LogP) is 3.20. The van der Waals surface area contributed by atoms with Gasteiger partial charge in [-0.25, -0.2) is 0 Å². The minimum atomic E-state index is 0. The van der Waals surface area contributed by atoms with Crippen LogP contribution in [0.4, 0.5) is 0 Å². The first-order valence-electron chi connectivity index (χ1n) is 4.56. The maximum absolute atomic E-state index is 5.90. The van der Waals surface area contributed by atoms with E-state index in [2.05, 4.69) is 6.92 Å². The van der Waals surface area contributed by atoms with Gasteiger partial charge in [-0.2, -0.15) is 0 Å². The van der Waals surface area contributed by atoms with Gasteiger partial charge < -0.3 is 10.2 Å². The van der Waals surface area contributed by atoms with E-state index in [0.29, 0.717) is 0 Å². The Labute approximate surface area is 85.9 Å². The molecule has 0 bridgehead atoms. The van der Waals surface area contributed by atoms with Crippen molar-refractivity contribution in [3.05, 3.63) is 23.7 Å². The third-order valence-electron chi connectivity index (χ3n) is 2.00. The Morgan fingerprint density at radius 1 is 1.46 bits per heavy atom. The first-order chi connectivity index (χ1) is 5.74. The van der Waals surface area contributed by atoms with Crippen molar-refractivity contribution in [1.82, 2.24) is 0 Å². The summed E-state index contributed by atoms with van der Waals surface area (Å²) in [5.74, 6) is 1.86. The topological polar surface area (TPSA) is 39.2 Å². The molecule has 0 aliphatic rings. The van der Waals surface area contributed by atoms with E-state index in [9.17, 15) is 0 Å². The molecule has 0 radical (unpaired) electrons. The van der Waals surface area contributed by atoms with Gasteiger partial charge in [0.1, 0.15) is 11.5 Å². The summed E-state index contributed by atoms with van der Waals surface area (Å²) in [6, 6.07) is 4.01. The summed E-state index contributed by atoms with van der Waals surface area (Å²) >= 11 is 0. The van der Waals surface area contributed by atoms with Gasteiger partial charge in [0.05, 0.1) is 6.04 Å². The van der Waals surface area contributed by atoms with Crippen molar-refractivity contribution in [2.24, 2.45) is 5.73 Å². The highest BCUT2D eigenvalue weighted by atomic mass is 35.5. The Balaban J connectivity index is 0.00000144. The standard InChI is InChI=1S/C10H17NO.ClH/c1-3-4-5-9(11)10-7-6-8(2)12-10;/h6-7,9H,3-5,11H2,1-2H3;1H/t9-;/m1./s1. The lowest BCUT2D eigenvalue weighted by Gasteiger charge is -2.06. The molecule has 0 saturated heterocycles. The van der Waals surface area contributed by atoms with E-state index in [1.165, 1.54) is 12.8 Å². The molecule has 0 spiro atoms. The molecule has 1 rings (SSSR count). The van der Waals surface area contributed by atoms with Crippen molar-refractivity contribution in [3.8, 4) is 0 Å². The van der Waals surface area contributed by atoms with E-state index in [4.69, 9.17) is 10.2 Å². The minimum Gasteiger partial charge on any atom is -0.465 e. The number of hydrogen-bond acceptors (Lipinski definition) is 2. The van der Waals surface area contributed by atoms with E-state index in [-0.39, 0.29) is 18.4 Å². The molecule has 3 heteroatoms. The van der Waals surface area contributed by atoms with E-state index < -0.39 is 0 Å². The van der Waals surface area contributed by atoms with Crippen LogP contribution in [-0.2, 0) is 0 Å². The van der Waals surface area contributed by atoms with Crippen molar-refractivity contribution in [1.29, 1.82) is 0 Å². The molecule has 2 nitrogen and oxygen atoms in total. The first kappa shape index (κ1) is 12.5. The second-order valence-electron chi connectivity index (χ2n) is 3.20. The Bertz CT molecular complexity index is 235. The average molecular weight is 204 g/mol. The highest BCUT2D eigenvalue weighted by molar-refractivity contribution is 5.85. The second kappa shape index (κ2) is 6.06. The number of aryl methyl sites for hydroxylation is 1. The van der Waals surface area contributed by atoms with Crippen LogP contribution in [0.1, 0.15) is 43.7 Å². The molecule has 1 aromatic heterocycles. The molecule has 1 heterocycles. The quantitative estimate of drug-likeness (QED) is 0.817. The van der Waals surface area contributed by atoms with Crippen LogP contribution in [0, 0.1) is 6.92 Å². The summed E-state index contributed by atoms with van der Waals surface area (Å²) in [4.78, 5) is 0. The number of rotatable bonds is 4. The number of hydrogen-bond donors (Lipinski definition) is 1. The molecule has 0 saturated carbocycles. The highest BCUT2D eigenvalue weighted by Crippen LogP contribution is 2.18. The minimum absolute atomic E-state index is 0. The fourth-order valence-electron chi connectivity index (χ4n) is 1.22. The highest BCUT2D eigenvalue weighted by Gasteiger charge is 2.08. The van der Waals surface area contributed by atoms with Crippen molar-refractivity contribution in [2.45, 2.75) is 39.2 Å². The first-order valence-corrected chi connectivity index (χ1v) is 4.56. The smallest absolute Gasteiger partial charge is 0.120 e. The number of furan rings is 1. The lowest BCUT2D eigenvalue weighted by Crippen LogP contribution is -2.08. The maximum Gasteiger partial charge on any atom is 0.120 e. The lowest BCUT2D eigenvalue weighted by molar-refractivity contribution is 0.428. The van der Waals surface area contributed by atoms with E-state index in [1.807, 2.05) is 19.1 Å². The summed E-state index contributed by atoms with van der Waals surface area (Å²) in [7, 11) is 0. The Hall–Kier alpha value is -0.470. The molecular formula is C10H18ClNO. The van der Waals surface area contributed by atoms with Crippen molar-refractivity contribution in [3.63, 3.8) is 0 Å². The normalized spacial score (nSPS) is 12.2. The molecule has 1 atom stereocenters. The zero-order valence-corrected chi connectivity index (χ0v) is 9.06. The van der Waals surface area contributed by atoms with Gasteiger partial charge in [0, 0.05) is 0 Å². The van der Waals surface area contributed by atoms with E-state index >= 15 is 0 Å². The lowest BCUT2D eigenvalue weighted by atomic mass is 10.1. The van der Waals surface area contributed by atoms with Crippen LogP contribution < -0.4 is 5.73 Å². The number of nitrogens with two attached hydrogens (primary N) is 1. The average Bonchev–Trinajstić information content (AvgIpc) is 2.47. The molecule has 0 fully saturated rings. The van der Waals surface area contributed by atoms with Crippen LogP contribution in [0.15, 0.2) is 16.5 Å². The second-order valence-corrected chi connectivity index (χ2v) is 3.20. The number of halogens is 1. The van der Waals surface area contributed by atoms with Gasteiger partial charge in [-0.05, 0) is 25.5 Å². The zero-order chi connectivity index (χ0) is 8.97. The van der Waals surface area contributed by atoms with Crippen LogP contribution >= 0.6 is 12.4 Å². The van der Waals surface area contributed by atoms with Gasteiger partial charge >= 0.3 is 0 Å². The summed E-state index contributed by atoms with van der Waals surface area (Å²) in [5.41, 5.74) is 5.90. The van der Waals surface area contributed by atoms with Gasteiger partial charge in [-0.15, -0.1) is 12.4 Å². The summed E-state index contributed by atoms with van der Waals surface area (Å²) < 4.78 is 5.42. The molecule has 0 aliphatic heterocycles. The Morgan fingerprint density at radius 3 is 2.62 bits per heavy atom. The summed E-state index contributed by atoms with van der Waals surface area (Å²) in [6.07, 6.45) is 3.37. The van der Waals surface area contributed by atoms with Gasteiger partial charge in [0.15, 0.2) is 0 Å². The molecule has 1 aromatic rings. The third kappa shape index (κ3) is 3.83. The van der Waals surface area contributed by atoms with Gasteiger partial charge in [0.25, 0.3) is 0 Å². The molecule has 0 unspecified atom stereocenters. The predicted molar refractivity (Wildman–Crippen MR) is 57.1 cm³/mol. The van der Waals surface area contributed by atoms with Gasteiger partial charge in [-0.3, -0.25) is 0 Å². The molecule has 0 aliphatic carbocycles. The summed E-state index contributed by atoms with van der Waals surface area (Å²) in [6.45, 7) is 4.11. The van der Waals surface area contributed by atoms with Crippen LogP contribution in [0.3, 0.4) is 0 Å². The van der Waals surface area contributed by atoms with Gasteiger partial charge in [0.2, 0.25) is 0 Å². The Kier molecular flexibility index (Phi) is 5.84. The van der Waals surface area contributed by atoms with Crippen LogP contribution in [0.5, 0.6) is 0 Å². The van der Waals surface area contributed by atoms with Crippen LogP contribution in [0.2, 0.25) is 0 Å². The van der Waals surface area contributed by atoms with Gasteiger partial charge in [-0.1, -0.05) is 19.8 Å². The van der Waals surface area contributed by atoms with E-state index in [0.717, 1.165) is 17.9 Å². The number of unbranched alkanes of at least 4 members (excludes halogenated alkanes) is 1. The van der Waals surface area contributed by atoms with Crippen LogP contribution in [0.25, 0.3) is 0 Å².